The van der Waals surface area contributed by atoms with Crippen molar-refractivity contribution in [1.82, 2.24) is 0 Å². The van der Waals surface area contributed by atoms with Crippen LogP contribution in [0, 0.1) is 0 Å². The van der Waals surface area contributed by atoms with Gasteiger partial charge in [0.1, 0.15) is 0 Å². The Balaban J connectivity index is 1.49. The van der Waals surface area contributed by atoms with Crippen LogP contribution >= 0.6 is 0 Å². The molecule has 0 spiro atoms. The zero-order valence-corrected chi connectivity index (χ0v) is 13.7. The Morgan fingerprint density at radius 1 is 0.520 bits per heavy atom. The molecule has 1 aliphatic heterocycles. The standard InChI is InChI=1S/C22H17BN2/c1-2-6-16(7-3-1)17-12-14-19(15-13-17)23-24-20-10-4-8-18-9-5-11-21(25-23)22(18)20/h1-15,24-25H. The predicted octanol–water partition coefficient (Wildman–Crippen LogP) is 4.74. The van der Waals surface area contributed by atoms with Crippen LogP contribution in [-0.4, -0.2) is 6.98 Å². The fourth-order valence-corrected chi connectivity index (χ4v) is 3.59. The van der Waals surface area contributed by atoms with Crippen molar-refractivity contribution in [3.63, 3.8) is 0 Å². The highest BCUT2D eigenvalue weighted by molar-refractivity contribution is 6.80. The normalized spacial score (nSPS) is 12.6. The van der Waals surface area contributed by atoms with Gasteiger partial charge in [-0.2, -0.15) is 0 Å². The highest BCUT2D eigenvalue weighted by atomic mass is 15.0. The molecule has 0 unspecified atom stereocenters. The number of anilines is 2. The maximum atomic E-state index is 3.63. The van der Waals surface area contributed by atoms with Gasteiger partial charge in [0.15, 0.2) is 0 Å². The summed E-state index contributed by atoms with van der Waals surface area (Å²) in [5.41, 5.74) is 6.08. The van der Waals surface area contributed by atoms with E-state index < -0.39 is 0 Å². The van der Waals surface area contributed by atoms with E-state index in [0.29, 0.717) is 0 Å². The molecule has 0 atom stereocenters. The van der Waals surface area contributed by atoms with Crippen LogP contribution in [0.25, 0.3) is 21.9 Å². The minimum Gasteiger partial charge on any atom is -0.405 e. The van der Waals surface area contributed by atoms with Gasteiger partial charge in [-0.15, -0.1) is 0 Å². The van der Waals surface area contributed by atoms with Gasteiger partial charge in [0, 0.05) is 16.8 Å². The Bertz CT molecular complexity index is 1000. The van der Waals surface area contributed by atoms with Crippen molar-refractivity contribution >= 4 is 34.6 Å². The van der Waals surface area contributed by atoms with Crippen LogP contribution in [0.1, 0.15) is 0 Å². The lowest BCUT2D eigenvalue weighted by atomic mass is 9.66. The molecule has 1 aliphatic rings. The summed E-state index contributed by atoms with van der Waals surface area (Å²) in [5, 5.41) is 9.77. The molecule has 0 bridgehead atoms. The molecule has 4 aromatic carbocycles. The molecule has 118 valence electrons. The van der Waals surface area contributed by atoms with Gasteiger partial charge < -0.3 is 10.5 Å². The molecule has 0 aliphatic carbocycles. The number of benzene rings is 4. The summed E-state index contributed by atoms with van der Waals surface area (Å²) in [4.78, 5) is 0. The number of nitrogens with one attached hydrogen (secondary N) is 2. The molecule has 2 nitrogen and oxygen atoms in total. The second-order valence-electron chi connectivity index (χ2n) is 6.42. The Kier molecular flexibility index (Phi) is 3.24. The Morgan fingerprint density at radius 3 is 1.76 bits per heavy atom. The summed E-state index contributed by atoms with van der Waals surface area (Å²) in [6.45, 7) is 0.0744. The van der Waals surface area contributed by atoms with Crippen molar-refractivity contribution in [3.05, 3.63) is 91.0 Å². The summed E-state index contributed by atoms with van der Waals surface area (Å²) in [6.07, 6.45) is 0. The van der Waals surface area contributed by atoms with Crippen molar-refractivity contribution in [2.45, 2.75) is 0 Å². The van der Waals surface area contributed by atoms with E-state index in [1.54, 1.807) is 0 Å². The predicted molar refractivity (Wildman–Crippen MR) is 108 cm³/mol. The van der Waals surface area contributed by atoms with Crippen LogP contribution in [0.3, 0.4) is 0 Å². The minimum atomic E-state index is 0.0744. The van der Waals surface area contributed by atoms with Crippen molar-refractivity contribution in [2.24, 2.45) is 0 Å². The van der Waals surface area contributed by atoms with E-state index in [0.717, 1.165) is 0 Å². The second kappa shape index (κ2) is 5.71. The molecule has 25 heavy (non-hydrogen) atoms. The Labute approximate surface area is 147 Å². The molecular formula is C22H17BN2. The number of hydrogen-bond acceptors (Lipinski definition) is 2. The minimum absolute atomic E-state index is 0.0744. The molecule has 3 heteroatoms. The highest BCUT2D eigenvalue weighted by Gasteiger charge is 2.25. The molecular weight excluding hydrogens is 303 g/mol. The van der Waals surface area contributed by atoms with E-state index in [1.165, 1.54) is 38.7 Å². The molecule has 0 fully saturated rings. The molecule has 5 rings (SSSR count). The smallest absolute Gasteiger partial charge is 0.405 e. The van der Waals surface area contributed by atoms with Gasteiger partial charge in [0.05, 0.1) is 0 Å². The van der Waals surface area contributed by atoms with Gasteiger partial charge in [0.2, 0.25) is 0 Å². The molecule has 0 saturated carbocycles. The average Bonchev–Trinajstić information content (AvgIpc) is 2.69. The first-order valence-corrected chi connectivity index (χ1v) is 8.59. The van der Waals surface area contributed by atoms with Crippen LogP contribution in [0.4, 0.5) is 11.4 Å². The lowest BCUT2D eigenvalue weighted by Gasteiger charge is -2.27. The summed E-state index contributed by atoms with van der Waals surface area (Å²) in [6, 6.07) is 32.1. The SMILES string of the molecule is c1ccc(-c2ccc(B3Nc4cccc5cccc(c45)N3)cc2)cc1. The van der Waals surface area contributed by atoms with Gasteiger partial charge in [-0.25, -0.2) is 0 Å². The fourth-order valence-electron chi connectivity index (χ4n) is 3.59. The lowest BCUT2D eigenvalue weighted by Crippen LogP contribution is -2.47. The van der Waals surface area contributed by atoms with Crippen molar-refractivity contribution in [3.8, 4) is 11.1 Å². The Morgan fingerprint density at radius 2 is 1.12 bits per heavy atom. The van der Waals surface area contributed by atoms with Gasteiger partial charge in [-0.1, -0.05) is 78.9 Å². The molecule has 0 amide bonds. The summed E-state index contributed by atoms with van der Waals surface area (Å²) in [5.74, 6) is 0. The Hall–Kier alpha value is -3.20. The zero-order valence-electron chi connectivity index (χ0n) is 13.7. The zero-order chi connectivity index (χ0) is 16.6. The van der Waals surface area contributed by atoms with E-state index >= 15 is 0 Å². The first-order chi connectivity index (χ1) is 12.4. The molecule has 4 aromatic rings. The topological polar surface area (TPSA) is 24.1 Å². The number of hydrogen-bond donors (Lipinski definition) is 2. The van der Waals surface area contributed by atoms with Crippen molar-refractivity contribution in [1.29, 1.82) is 0 Å². The third kappa shape index (κ3) is 2.45. The van der Waals surface area contributed by atoms with E-state index in [-0.39, 0.29) is 6.98 Å². The average molecular weight is 320 g/mol. The molecule has 2 N–H and O–H groups in total. The largest absolute Gasteiger partial charge is 0.406 e. The highest BCUT2D eigenvalue weighted by Crippen LogP contribution is 2.33. The van der Waals surface area contributed by atoms with E-state index in [2.05, 4.69) is 95.4 Å². The third-order valence-corrected chi connectivity index (χ3v) is 4.86. The summed E-state index contributed by atoms with van der Waals surface area (Å²) < 4.78 is 0. The fraction of sp³-hybridized carbons (Fsp3) is 0. The molecule has 0 aromatic heterocycles. The van der Waals surface area contributed by atoms with Gasteiger partial charge >= 0.3 is 6.98 Å². The second-order valence-corrected chi connectivity index (χ2v) is 6.42. The maximum absolute atomic E-state index is 3.63. The third-order valence-electron chi connectivity index (χ3n) is 4.86. The summed E-state index contributed by atoms with van der Waals surface area (Å²) in [7, 11) is 0. The molecule has 1 heterocycles. The van der Waals surface area contributed by atoms with E-state index in [9.17, 15) is 0 Å². The molecule has 0 saturated heterocycles. The van der Waals surface area contributed by atoms with Crippen LogP contribution in [0.2, 0.25) is 0 Å². The van der Waals surface area contributed by atoms with Crippen LogP contribution < -0.4 is 15.9 Å². The maximum Gasteiger partial charge on any atom is 0.406 e. The van der Waals surface area contributed by atoms with Gasteiger partial charge in [-0.05, 0) is 34.1 Å². The monoisotopic (exact) mass is 320 g/mol. The van der Waals surface area contributed by atoms with Crippen LogP contribution in [0.5, 0.6) is 0 Å². The van der Waals surface area contributed by atoms with Crippen LogP contribution in [0.15, 0.2) is 91.0 Å². The van der Waals surface area contributed by atoms with E-state index in [4.69, 9.17) is 0 Å². The van der Waals surface area contributed by atoms with Gasteiger partial charge in [-0.3, -0.25) is 0 Å². The number of rotatable bonds is 2. The van der Waals surface area contributed by atoms with Crippen molar-refractivity contribution < 1.29 is 0 Å². The quantitative estimate of drug-likeness (QED) is 0.521. The lowest BCUT2D eigenvalue weighted by molar-refractivity contribution is 1.59. The molecule has 0 radical (unpaired) electrons. The van der Waals surface area contributed by atoms with Crippen molar-refractivity contribution in [2.75, 3.05) is 10.5 Å². The summed E-state index contributed by atoms with van der Waals surface area (Å²) >= 11 is 0. The first kappa shape index (κ1) is 14.2. The van der Waals surface area contributed by atoms with E-state index in [1.807, 2.05) is 6.07 Å². The van der Waals surface area contributed by atoms with Crippen LogP contribution in [-0.2, 0) is 0 Å². The van der Waals surface area contributed by atoms with Gasteiger partial charge in [0.25, 0.3) is 0 Å². The first-order valence-electron chi connectivity index (χ1n) is 8.59.